The van der Waals surface area contributed by atoms with Gasteiger partial charge in [-0.2, -0.15) is 0 Å². The van der Waals surface area contributed by atoms with Crippen molar-refractivity contribution in [2.45, 2.75) is 13.0 Å². The lowest BCUT2D eigenvalue weighted by atomic mass is 10.2. The van der Waals surface area contributed by atoms with E-state index < -0.39 is 30.5 Å². The quantitative estimate of drug-likeness (QED) is 0.547. The van der Waals surface area contributed by atoms with E-state index in [1.165, 1.54) is 0 Å². The van der Waals surface area contributed by atoms with Gasteiger partial charge in [-0.25, -0.2) is 4.79 Å². The fourth-order valence-corrected chi connectivity index (χ4v) is 2.44. The molecule has 1 aliphatic heterocycles. The monoisotopic (exact) mass is 400 g/mol. The number of para-hydroxylation sites is 3. The summed E-state index contributed by atoms with van der Waals surface area (Å²) in [5.74, 6) is -0.484. The lowest BCUT2D eigenvalue weighted by Gasteiger charge is -2.25. The van der Waals surface area contributed by atoms with E-state index in [0.29, 0.717) is 17.2 Å². The first-order valence-corrected chi connectivity index (χ1v) is 8.84. The van der Waals surface area contributed by atoms with Gasteiger partial charge in [-0.15, -0.1) is 0 Å². The van der Waals surface area contributed by atoms with Gasteiger partial charge in [0.1, 0.15) is 12.4 Å². The van der Waals surface area contributed by atoms with Crippen LogP contribution in [0.5, 0.6) is 17.2 Å². The van der Waals surface area contributed by atoms with Gasteiger partial charge in [0.2, 0.25) is 6.10 Å². The summed E-state index contributed by atoms with van der Waals surface area (Å²) in [4.78, 5) is 35.5. The predicted octanol–water partition coefficient (Wildman–Crippen LogP) is 0.904. The molecule has 0 saturated heterocycles. The van der Waals surface area contributed by atoms with Gasteiger partial charge in [-0.05, 0) is 30.7 Å². The maximum Gasteiger partial charge on any atom is 0.344 e. The third-order valence-electron chi connectivity index (χ3n) is 3.93. The summed E-state index contributed by atoms with van der Waals surface area (Å²) in [5.41, 5.74) is 5.23. The van der Waals surface area contributed by atoms with E-state index in [1.807, 2.05) is 19.1 Å². The Bertz CT molecular complexity index is 900. The molecule has 0 aliphatic carbocycles. The van der Waals surface area contributed by atoms with Crippen LogP contribution < -0.4 is 25.1 Å². The van der Waals surface area contributed by atoms with Crippen LogP contribution >= 0.6 is 0 Å². The van der Waals surface area contributed by atoms with Crippen LogP contribution in [0.4, 0.5) is 0 Å². The number of ether oxygens (including phenoxy) is 4. The van der Waals surface area contributed by atoms with Crippen molar-refractivity contribution in [2.75, 3.05) is 19.8 Å². The zero-order valence-corrected chi connectivity index (χ0v) is 15.7. The number of benzene rings is 2. The number of carbonyl (C=O) groups excluding carboxylic acids is 3. The summed E-state index contributed by atoms with van der Waals surface area (Å²) in [5, 5.41) is 0. The zero-order valence-electron chi connectivity index (χ0n) is 15.7. The molecule has 1 heterocycles. The lowest BCUT2D eigenvalue weighted by molar-refractivity contribution is -0.151. The summed E-state index contributed by atoms with van der Waals surface area (Å²) >= 11 is 0. The summed E-state index contributed by atoms with van der Waals surface area (Å²) in [6.07, 6.45) is -0.921. The molecule has 3 rings (SSSR count). The summed E-state index contributed by atoms with van der Waals surface area (Å²) in [7, 11) is 0. The molecule has 2 aromatic carbocycles. The SMILES string of the molecule is Cc1ccccc1OCC(=O)OCC(=O)NNC(=O)[C@H]1COc2ccccc2O1. The molecule has 0 fully saturated rings. The molecule has 1 atom stereocenters. The normalized spacial score (nSPS) is 14.4. The first-order chi connectivity index (χ1) is 14.0. The summed E-state index contributed by atoms with van der Waals surface area (Å²) in [6, 6.07) is 14.1. The average molecular weight is 400 g/mol. The molecule has 2 aromatic rings. The standard InChI is InChI=1S/C20H20N2O7/c1-13-6-2-3-7-14(13)27-12-19(24)28-11-18(23)21-22-20(25)17-10-26-15-8-4-5-9-16(15)29-17/h2-9,17H,10-12H2,1H3,(H,21,23)(H,22,25)/t17-/m1/s1. The van der Waals surface area contributed by atoms with Gasteiger partial charge in [-0.3, -0.25) is 20.4 Å². The first kappa shape index (κ1) is 20.0. The van der Waals surface area contributed by atoms with Crippen LogP contribution in [-0.4, -0.2) is 43.7 Å². The average Bonchev–Trinajstić information content (AvgIpc) is 2.75. The topological polar surface area (TPSA) is 112 Å². The minimum absolute atomic E-state index is 0.00391. The predicted molar refractivity (Wildman–Crippen MR) is 100 cm³/mol. The van der Waals surface area contributed by atoms with Crippen molar-refractivity contribution in [3.63, 3.8) is 0 Å². The molecule has 2 N–H and O–H groups in total. The highest BCUT2D eigenvalue weighted by Gasteiger charge is 2.27. The molecule has 9 nitrogen and oxygen atoms in total. The van der Waals surface area contributed by atoms with Crippen molar-refractivity contribution in [3.8, 4) is 17.2 Å². The maximum absolute atomic E-state index is 12.1. The number of hydrogen-bond acceptors (Lipinski definition) is 7. The van der Waals surface area contributed by atoms with Crippen molar-refractivity contribution in [1.29, 1.82) is 0 Å². The second-order valence-electron chi connectivity index (χ2n) is 6.12. The molecule has 9 heteroatoms. The molecule has 1 aliphatic rings. The minimum atomic E-state index is -0.921. The fraction of sp³-hybridized carbons (Fsp3) is 0.250. The fourth-order valence-electron chi connectivity index (χ4n) is 2.44. The smallest absolute Gasteiger partial charge is 0.344 e. The second-order valence-corrected chi connectivity index (χ2v) is 6.12. The highest BCUT2D eigenvalue weighted by molar-refractivity contribution is 5.86. The van der Waals surface area contributed by atoms with Gasteiger partial charge in [0, 0.05) is 0 Å². The third-order valence-corrected chi connectivity index (χ3v) is 3.93. The van der Waals surface area contributed by atoms with Gasteiger partial charge < -0.3 is 18.9 Å². The minimum Gasteiger partial charge on any atom is -0.485 e. The van der Waals surface area contributed by atoms with Crippen LogP contribution in [0.3, 0.4) is 0 Å². The number of aryl methyl sites for hydroxylation is 1. The van der Waals surface area contributed by atoms with Gasteiger partial charge in [-0.1, -0.05) is 30.3 Å². The van der Waals surface area contributed by atoms with Crippen molar-refractivity contribution >= 4 is 17.8 Å². The molecule has 0 unspecified atom stereocenters. The Kier molecular flexibility index (Phi) is 6.51. The molecule has 0 bridgehead atoms. The zero-order chi connectivity index (χ0) is 20.6. The molecule has 0 radical (unpaired) electrons. The molecular weight excluding hydrogens is 380 g/mol. The number of fused-ring (bicyclic) bond motifs is 1. The number of rotatable bonds is 6. The van der Waals surface area contributed by atoms with Gasteiger partial charge in [0.05, 0.1) is 0 Å². The summed E-state index contributed by atoms with van der Waals surface area (Å²) in [6.45, 7) is 0.943. The maximum atomic E-state index is 12.1. The second kappa shape index (κ2) is 9.45. The van der Waals surface area contributed by atoms with E-state index in [0.717, 1.165) is 5.56 Å². The number of amides is 2. The van der Waals surface area contributed by atoms with Crippen LogP contribution in [0.1, 0.15) is 5.56 Å². The Morgan fingerprint density at radius 2 is 1.72 bits per heavy atom. The van der Waals surface area contributed by atoms with Crippen molar-refractivity contribution < 1.29 is 33.3 Å². The van der Waals surface area contributed by atoms with E-state index in [2.05, 4.69) is 10.9 Å². The van der Waals surface area contributed by atoms with E-state index in [4.69, 9.17) is 18.9 Å². The van der Waals surface area contributed by atoms with E-state index in [1.54, 1.807) is 36.4 Å². The first-order valence-electron chi connectivity index (χ1n) is 8.84. The molecule has 29 heavy (non-hydrogen) atoms. The number of carbonyl (C=O) groups is 3. The van der Waals surface area contributed by atoms with Crippen LogP contribution in [0.25, 0.3) is 0 Å². The van der Waals surface area contributed by atoms with Gasteiger partial charge in [0.25, 0.3) is 11.8 Å². The Labute approximate surface area is 166 Å². The molecule has 0 saturated carbocycles. The van der Waals surface area contributed by atoms with E-state index in [-0.39, 0.29) is 13.2 Å². The van der Waals surface area contributed by atoms with Crippen molar-refractivity contribution in [2.24, 2.45) is 0 Å². The Morgan fingerprint density at radius 3 is 2.52 bits per heavy atom. The van der Waals surface area contributed by atoms with E-state index >= 15 is 0 Å². The van der Waals surface area contributed by atoms with Gasteiger partial charge >= 0.3 is 5.97 Å². The Morgan fingerprint density at radius 1 is 1.00 bits per heavy atom. The van der Waals surface area contributed by atoms with Gasteiger partial charge in [0.15, 0.2) is 24.7 Å². The highest BCUT2D eigenvalue weighted by atomic mass is 16.6. The van der Waals surface area contributed by atoms with E-state index in [9.17, 15) is 14.4 Å². The van der Waals surface area contributed by atoms with Crippen LogP contribution in [0.2, 0.25) is 0 Å². The number of esters is 1. The van der Waals surface area contributed by atoms with Crippen LogP contribution in [0, 0.1) is 6.92 Å². The number of hydrogen-bond donors (Lipinski definition) is 2. The molecule has 0 aromatic heterocycles. The van der Waals surface area contributed by atoms with Crippen molar-refractivity contribution in [3.05, 3.63) is 54.1 Å². The molecule has 152 valence electrons. The molecule has 2 amide bonds. The third kappa shape index (κ3) is 5.61. The Hall–Kier alpha value is -3.75. The number of hydrazine groups is 1. The molecule has 0 spiro atoms. The van der Waals surface area contributed by atoms with Crippen LogP contribution in [0.15, 0.2) is 48.5 Å². The largest absolute Gasteiger partial charge is 0.485 e. The lowest BCUT2D eigenvalue weighted by Crippen LogP contribution is -2.51. The van der Waals surface area contributed by atoms with Crippen LogP contribution in [-0.2, 0) is 19.1 Å². The molecular formula is C20H20N2O7. The summed E-state index contributed by atoms with van der Waals surface area (Å²) < 4.78 is 21.1. The number of nitrogens with one attached hydrogen (secondary N) is 2. The highest BCUT2D eigenvalue weighted by Crippen LogP contribution is 2.30. The Balaban J connectivity index is 1.35. The van der Waals surface area contributed by atoms with Crippen molar-refractivity contribution in [1.82, 2.24) is 10.9 Å².